The highest BCUT2D eigenvalue weighted by Crippen LogP contribution is 2.29. The van der Waals surface area contributed by atoms with Crippen LogP contribution < -0.4 is 15.0 Å². The molecule has 0 bridgehead atoms. The third-order valence-corrected chi connectivity index (χ3v) is 5.10. The first-order valence-electron chi connectivity index (χ1n) is 11.2. The number of hydrogen-bond donors (Lipinski definition) is 2. The lowest BCUT2D eigenvalue weighted by atomic mass is 10.1. The SMILES string of the molecule is CC(C)Oc1ccc([C@H](C)Nc2nccc(N3C(O)OC[C@@H]3[C@@H](C)OC(C)(C)C)n2)cc1. The summed E-state index contributed by atoms with van der Waals surface area (Å²) in [6.07, 6.45) is 0.565. The molecule has 8 heteroatoms. The highest BCUT2D eigenvalue weighted by atomic mass is 16.6. The Balaban J connectivity index is 1.72. The van der Waals surface area contributed by atoms with Crippen molar-refractivity contribution in [1.29, 1.82) is 0 Å². The van der Waals surface area contributed by atoms with E-state index in [2.05, 4.69) is 15.3 Å². The van der Waals surface area contributed by atoms with Gasteiger partial charge in [-0.1, -0.05) is 12.1 Å². The van der Waals surface area contributed by atoms with Crippen molar-refractivity contribution in [2.45, 2.75) is 84.8 Å². The van der Waals surface area contributed by atoms with Crippen LogP contribution in [0.25, 0.3) is 0 Å². The summed E-state index contributed by atoms with van der Waals surface area (Å²) in [4.78, 5) is 10.7. The topological polar surface area (TPSA) is 89.0 Å². The maximum absolute atomic E-state index is 10.5. The lowest BCUT2D eigenvalue weighted by Crippen LogP contribution is -2.46. The average Bonchev–Trinajstić information content (AvgIpc) is 3.08. The first-order chi connectivity index (χ1) is 15.0. The summed E-state index contributed by atoms with van der Waals surface area (Å²) in [6.45, 7) is 14.4. The number of nitrogens with one attached hydrogen (secondary N) is 1. The van der Waals surface area contributed by atoms with Crippen LogP contribution in [0, 0.1) is 0 Å². The molecule has 1 unspecified atom stereocenters. The molecule has 2 heterocycles. The number of nitrogens with zero attached hydrogens (tertiary/aromatic N) is 3. The predicted molar refractivity (Wildman–Crippen MR) is 125 cm³/mol. The highest BCUT2D eigenvalue weighted by Gasteiger charge is 2.39. The molecule has 1 aliphatic rings. The number of anilines is 2. The smallest absolute Gasteiger partial charge is 0.239 e. The Morgan fingerprint density at radius 2 is 1.81 bits per heavy atom. The van der Waals surface area contributed by atoms with Crippen molar-refractivity contribution in [2.24, 2.45) is 0 Å². The van der Waals surface area contributed by atoms with Crippen LogP contribution >= 0.6 is 0 Å². The molecule has 3 rings (SSSR count). The zero-order valence-electron chi connectivity index (χ0n) is 20.1. The van der Waals surface area contributed by atoms with Crippen LogP contribution in [0.15, 0.2) is 36.5 Å². The van der Waals surface area contributed by atoms with Gasteiger partial charge in [0.15, 0.2) is 0 Å². The van der Waals surface area contributed by atoms with E-state index in [1.165, 1.54) is 0 Å². The summed E-state index contributed by atoms with van der Waals surface area (Å²) in [5.41, 5.74) is 0.784. The second kappa shape index (κ2) is 10.0. The Morgan fingerprint density at radius 3 is 2.44 bits per heavy atom. The van der Waals surface area contributed by atoms with Gasteiger partial charge in [0, 0.05) is 6.20 Å². The number of aliphatic hydroxyl groups excluding tert-OH is 1. The van der Waals surface area contributed by atoms with Crippen molar-refractivity contribution in [1.82, 2.24) is 9.97 Å². The van der Waals surface area contributed by atoms with Crippen molar-refractivity contribution in [3.63, 3.8) is 0 Å². The number of rotatable bonds is 8. The normalized spacial score (nSPS) is 21.0. The van der Waals surface area contributed by atoms with Crippen LogP contribution in [0.3, 0.4) is 0 Å². The lowest BCUT2D eigenvalue weighted by molar-refractivity contribution is -0.0656. The van der Waals surface area contributed by atoms with Crippen molar-refractivity contribution < 1.29 is 19.3 Å². The monoisotopic (exact) mass is 444 g/mol. The van der Waals surface area contributed by atoms with Crippen LogP contribution in [-0.4, -0.2) is 51.9 Å². The number of aliphatic hydroxyl groups is 1. The first kappa shape index (κ1) is 24.2. The molecule has 0 radical (unpaired) electrons. The van der Waals surface area contributed by atoms with Gasteiger partial charge in [-0.25, -0.2) is 4.98 Å². The molecule has 1 fully saturated rings. The molecule has 1 aromatic carbocycles. The van der Waals surface area contributed by atoms with E-state index in [1.807, 2.05) is 72.7 Å². The molecule has 8 nitrogen and oxygen atoms in total. The maximum atomic E-state index is 10.5. The summed E-state index contributed by atoms with van der Waals surface area (Å²) in [6, 6.07) is 9.56. The molecule has 176 valence electrons. The Kier molecular flexibility index (Phi) is 7.59. The Hall–Kier alpha value is -2.42. The van der Waals surface area contributed by atoms with Crippen LogP contribution in [0.5, 0.6) is 5.75 Å². The van der Waals surface area contributed by atoms with Crippen molar-refractivity contribution in [3.05, 3.63) is 42.1 Å². The molecule has 32 heavy (non-hydrogen) atoms. The molecule has 0 saturated carbocycles. The van der Waals surface area contributed by atoms with Crippen molar-refractivity contribution in [2.75, 3.05) is 16.8 Å². The van der Waals surface area contributed by atoms with Gasteiger partial charge >= 0.3 is 0 Å². The molecule has 2 N–H and O–H groups in total. The quantitative estimate of drug-likeness (QED) is 0.629. The minimum absolute atomic E-state index is 0.0166. The summed E-state index contributed by atoms with van der Waals surface area (Å²) < 4.78 is 17.3. The van der Waals surface area contributed by atoms with Crippen LogP contribution in [0.1, 0.15) is 60.1 Å². The van der Waals surface area contributed by atoms with Crippen molar-refractivity contribution in [3.8, 4) is 5.75 Å². The molecular formula is C24H36N4O4. The minimum Gasteiger partial charge on any atom is -0.491 e. The number of aromatic nitrogens is 2. The van der Waals surface area contributed by atoms with E-state index in [0.717, 1.165) is 11.3 Å². The van der Waals surface area contributed by atoms with Gasteiger partial charge in [-0.15, -0.1) is 0 Å². The first-order valence-corrected chi connectivity index (χ1v) is 11.2. The van der Waals surface area contributed by atoms with E-state index in [9.17, 15) is 5.11 Å². The van der Waals surface area contributed by atoms with Gasteiger partial charge in [0.2, 0.25) is 12.4 Å². The summed E-state index contributed by atoms with van der Waals surface area (Å²) >= 11 is 0. The van der Waals surface area contributed by atoms with Crippen LogP contribution in [-0.2, 0) is 9.47 Å². The summed E-state index contributed by atoms with van der Waals surface area (Å²) in [7, 11) is 0. The van der Waals surface area contributed by atoms with E-state index in [-0.39, 0.29) is 29.9 Å². The zero-order chi connectivity index (χ0) is 23.5. The molecule has 0 amide bonds. The zero-order valence-corrected chi connectivity index (χ0v) is 20.1. The summed E-state index contributed by atoms with van der Waals surface area (Å²) in [5, 5.41) is 13.8. The van der Waals surface area contributed by atoms with E-state index in [0.29, 0.717) is 18.4 Å². The fourth-order valence-electron chi connectivity index (χ4n) is 3.74. The van der Waals surface area contributed by atoms with Crippen LogP contribution in [0.4, 0.5) is 11.8 Å². The predicted octanol–water partition coefficient (Wildman–Crippen LogP) is 4.12. The molecule has 1 aliphatic heterocycles. The fraction of sp³-hybridized carbons (Fsp3) is 0.583. The standard InChI is InChI=1S/C24H36N4O4/c1-15(2)31-19-10-8-18(9-11-19)16(3)26-22-25-13-12-21(27-22)28-20(14-30-23(28)29)17(4)32-24(5,6)7/h8-13,15-17,20,23,29H,14H2,1-7H3,(H,25,26,27)/t16-,17+,20+,23?/m0/s1. The summed E-state index contributed by atoms with van der Waals surface area (Å²) in [5.74, 6) is 1.89. The van der Waals surface area contributed by atoms with Gasteiger partial charge in [-0.05, 0) is 72.2 Å². The van der Waals surface area contributed by atoms with Gasteiger partial charge in [0.25, 0.3) is 0 Å². The van der Waals surface area contributed by atoms with Gasteiger partial charge in [-0.2, -0.15) is 4.98 Å². The second-order valence-corrected chi connectivity index (χ2v) is 9.41. The fourth-order valence-corrected chi connectivity index (χ4v) is 3.74. The minimum atomic E-state index is -1.08. The largest absolute Gasteiger partial charge is 0.491 e. The maximum Gasteiger partial charge on any atom is 0.239 e. The number of hydrogen-bond acceptors (Lipinski definition) is 8. The Morgan fingerprint density at radius 1 is 1.12 bits per heavy atom. The van der Waals surface area contributed by atoms with E-state index < -0.39 is 6.41 Å². The molecule has 4 atom stereocenters. The Bertz CT molecular complexity index is 869. The molecule has 0 spiro atoms. The molecule has 0 aliphatic carbocycles. The Labute approximate surface area is 190 Å². The highest BCUT2D eigenvalue weighted by molar-refractivity contribution is 5.46. The molecule has 1 saturated heterocycles. The lowest BCUT2D eigenvalue weighted by Gasteiger charge is -2.34. The van der Waals surface area contributed by atoms with E-state index >= 15 is 0 Å². The van der Waals surface area contributed by atoms with Crippen LogP contribution in [0.2, 0.25) is 0 Å². The third kappa shape index (κ3) is 6.31. The molecule has 1 aromatic heterocycles. The molecule has 2 aromatic rings. The average molecular weight is 445 g/mol. The van der Waals surface area contributed by atoms with Gasteiger partial charge in [0.05, 0.1) is 36.5 Å². The van der Waals surface area contributed by atoms with Gasteiger partial charge < -0.3 is 24.6 Å². The number of ether oxygens (including phenoxy) is 3. The third-order valence-electron chi connectivity index (χ3n) is 5.10. The van der Waals surface area contributed by atoms with Gasteiger partial charge in [0.1, 0.15) is 11.6 Å². The van der Waals surface area contributed by atoms with Gasteiger partial charge in [-0.3, -0.25) is 4.90 Å². The number of benzene rings is 1. The van der Waals surface area contributed by atoms with E-state index in [4.69, 9.17) is 14.2 Å². The van der Waals surface area contributed by atoms with E-state index in [1.54, 1.807) is 17.2 Å². The second-order valence-electron chi connectivity index (χ2n) is 9.41. The van der Waals surface area contributed by atoms with Crippen molar-refractivity contribution >= 4 is 11.8 Å². The molecular weight excluding hydrogens is 408 g/mol.